The van der Waals surface area contributed by atoms with Gasteiger partial charge in [0, 0.05) is 36.8 Å². The van der Waals surface area contributed by atoms with E-state index >= 15 is 0 Å². The van der Waals surface area contributed by atoms with Crippen LogP contribution in [0.5, 0.6) is 0 Å². The molecule has 5 rings (SSSR count). The molecule has 0 radical (unpaired) electrons. The minimum atomic E-state index is -4.02. The van der Waals surface area contributed by atoms with E-state index in [0.717, 1.165) is 19.5 Å². The summed E-state index contributed by atoms with van der Waals surface area (Å²) in [6.45, 7) is 2.27. The van der Waals surface area contributed by atoms with Crippen molar-refractivity contribution in [2.45, 2.75) is 34.0 Å². The Hall–Kier alpha value is -3.01. The summed E-state index contributed by atoms with van der Waals surface area (Å²) in [7, 11) is -7.86. The van der Waals surface area contributed by atoms with Gasteiger partial charge in [0.1, 0.15) is 5.25 Å². The molecular weight excluding hydrogens is 484 g/mol. The summed E-state index contributed by atoms with van der Waals surface area (Å²) in [4.78, 5) is 15.5. The van der Waals surface area contributed by atoms with Crippen molar-refractivity contribution in [3.63, 3.8) is 0 Å². The average Bonchev–Trinajstić information content (AvgIpc) is 3.41. The Morgan fingerprint density at radius 2 is 1.63 bits per heavy atom. The highest BCUT2D eigenvalue weighted by Crippen LogP contribution is 2.43. The van der Waals surface area contributed by atoms with Crippen molar-refractivity contribution in [3.05, 3.63) is 95.6 Å². The van der Waals surface area contributed by atoms with Crippen LogP contribution in [-0.2, 0) is 26.2 Å². The van der Waals surface area contributed by atoms with Gasteiger partial charge in [0.05, 0.1) is 15.5 Å². The first kappa shape index (κ1) is 23.7. The van der Waals surface area contributed by atoms with Crippen LogP contribution in [0.4, 0.5) is 0 Å². The molecule has 1 N–H and O–H groups in total. The third kappa shape index (κ3) is 4.63. The van der Waals surface area contributed by atoms with Crippen molar-refractivity contribution in [2.24, 2.45) is 0 Å². The van der Waals surface area contributed by atoms with E-state index in [1.54, 1.807) is 18.2 Å². The Labute approximate surface area is 205 Å². The molecule has 9 heteroatoms. The van der Waals surface area contributed by atoms with Crippen molar-refractivity contribution < 1.29 is 21.6 Å². The van der Waals surface area contributed by atoms with Crippen LogP contribution >= 0.6 is 0 Å². The zero-order valence-electron chi connectivity index (χ0n) is 19.0. The summed E-state index contributed by atoms with van der Waals surface area (Å²) in [6, 6.07) is 22.2. The second-order valence-electron chi connectivity index (χ2n) is 9.03. The van der Waals surface area contributed by atoms with Crippen molar-refractivity contribution in [1.29, 1.82) is 0 Å². The van der Waals surface area contributed by atoms with E-state index in [2.05, 4.69) is 22.3 Å². The second kappa shape index (κ2) is 9.22. The topological polar surface area (TPSA) is 101 Å². The minimum Gasteiger partial charge on any atom is -0.348 e. The standard InChI is InChI=1S/C26H26N2O5S2/c29-26(27-20-14-15-28(17-20)16-19-8-3-1-4-9-19)22-12-7-13-23-25(22)24(18-34(23,30)31)35(32,33)21-10-5-2-6-11-21/h1-13,20,24H,14-18H2,(H,27,29)/t20-,24?/m1/s1. The number of hydrogen-bond donors (Lipinski definition) is 1. The van der Waals surface area contributed by atoms with E-state index in [1.165, 1.54) is 35.9 Å². The van der Waals surface area contributed by atoms with Crippen molar-refractivity contribution in [2.75, 3.05) is 18.8 Å². The van der Waals surface area contributed by atoms with Crippen LogP contribution in [0.3, 0.4) is 0 Å². The van der Waals surface area contributed by atoms with Gasteiger partial charge in [0.25, 0.3) is 5.91 Å². The van der Waals surface area contributed by atoms with Crippen LogP contribution in [-0.4, -0.2) is 52.5 Å². The first-order valence-electron chi connectivity index (χ1n) is 11.5. The first-order chi connectivity index (χ1) is 16.8. The van der Waals surface area contributed by atoms with E-state index in [0.29, 0.717) is 6.54 Å². The lowest BCUT2D eigenvalue weighted by Gasteiger charge is -2.19. The molecule has 1 unspecified atom stereocenters. The molecule has 1 saturated heterocycles. The molecule has 35 heavy (non-hydrogen) atoms. The fraction of sp³-hybridized carbons (Fsp3) is 0.269. The molecule has 2 heterocycles. The summed E-state index contributed by atoms with van der Waals surface area (Å²) < 4.78 is 52.6. The molecule has 1 amide bonds. The molecule has 3 aromatic rings. The number of fused-ring (bicyclic) bond motifs is 1. The van der Waals surface area contributed by atoms with Gasteiger partial charge in [-0.25, -0.2) is 16.8 Å². The van der Waals surface area contributed by atoms with Crippen molar-refractivity contribution in [1.82, 2.24) is 10.2 Å². The number of sulfone groups is 2. The predicted octanol–water partition coefficient (Wildman–Crippen LogP) is 2.99. The molecule has 0 aliphatic carbocycles. The Bertz CT molecular complexity index is 1460. The SMILES string of the molecule is O=C(N[C@@H]1CCN(Cc2ccccc2)C1)c1cccc2c1C(S(=O)(=O)c1ccccc1)CS2(=O)=O. The Morgan fingerprint density at radius 1 is 0.943 bits per heavy atom. The first-order valence-corrected chi connectivity index (χ1v) is 14.7. The maximum absolute atomic E-state index is 13.4. The summed E-state index contributed by atoms with van der Waals surface area (Å²) >= 11 is 0. The summed E-state index contributed by atoms with van der Waals surface area (Å²) in [6.07, 6.45) is 0.762. The summed E-state index contributed by atoms with van der Waals surface area (Å²) in [5.74, 6) is -1.02. The van der Waals surface area contributed by atoms with Gasteiger partial charge in [-0.2, -0.15) is 0 Å². The van der Waals surface area contributed by atoms with E-state index in [1.807, 2.05) is 18.2 Å². The van der Waals surface area contributed by atoms with E-state index in [-0.39, 0.29) is 27.0 Å². The van der Waals surface area contributed by atoms with Gasteiger partial charge < -0.3 is 5.32 Å². The van der Waals surface area contributed by atoms with Crippen LogP contribution in [0.25, 0.3) is 0 Å². The maximum atomic E-state index is 13.4. The maximum Gasteiger partial charge on any atom is 0.251 e. The monoisotopic (exact) mass is 510 g/mol. The molecule has 2 aliphatic heterocycles. The van der Waals surface area contributed by atoms with Crippen molar-refractivity contribution >= 4 is 25.6 Å². The lowest BCUT2D eigenvalue weighted by Crippen LogP contribution is -2.37. The minimum absolute atomic E-state index is 0.0376. The number of amides is 1. The van der Waals surface area contributed by atoms with Gasteiger partial charge in [-0.1, -0.05) is 54.6 Å². The van der Waals surface area contributed by atoms with Crippen LogP contribution < -0.4 is 5.32 Å². The van der Waals surface area contributed by atoms with Crippen LogP contribution in [0.1, 0.15) is 33.2 Å². The third-order valence-electron chi connectivity index (χ3n) is 6.64. The van der Waals surface area contributed by atoms with Gasteiger partial charge in [-0.05, 0) is 36.2 Å². The molecular formula is C26H26N2O5S2. The van der Waals surface area contributed by atoms with Crippen molar-refractivity contribution in [3.8, 4) is 0 Å². The average molecular weight is 511 g/mol. The van der Waals surface area contributed by atoms with Gasteiger partial charge in [0.2, 0.25) is 0 Å². The second-order valence-corrected chi connectivity index (χ2v) is 13.2. The summed E-state index contributed by atoms with van der Waals surface area (Å²) in [5, 5.41) is 1.68. The van der Waals surface area contributed by atoms with Gasteiger partial charge >= 0.3 is 0 Å². The molecule has 0 spiro atoms. The lowest BCUT2D eigenvalue weighted by molar-refractivity contribution is 0.0936. The Balaban J connectivity index is 1.40. The molecule has 2 aliphatic rings. The van der Waals surface area contributed by atoms with Gasteiger partial charge in [0.15, 0.2) is 19.7 Å². The summed E-state index contributed by atoms with van der Waals surface area (Å²) in [5.41, 5.74) is 1.38. The number of carbonyl (C=O) groups excluding carboxylic acids is 1. The molecule has 1 fully saturated rings. The number of benzene rings is 3. The number of carbonyl (C=O) groups is 1. The van der Waals surface area contributed by atoms with E-state index < -0.39 is 36.6 Å². The smallest absolute Gasteiger partial charge is 0.251 e. The van der Waals surface area contributed by atoms with Crippen LogP contribution in [0.15, 0.2) is 88.7 Å². The van der Waals surface area contributed by atoms with E-state index in [4.69, 9.17) is 0 Å². The largest absolute Gasteiger partial charge is 0.348 e. The predicted molar refractivity (Wildman–Crippen MR) is 132 cm³/mol. The lowest BCUT2D eigenvalue weighted by atomic mass is 10.0. The number of hydrogen-bond acceptors (Lipinski definition) is 6. The van der Waals surface area contributed by atoms with Gasteiger partial charge in [-0.3, -0.25) is 9.69 Å². The molecule has 0 saturated carbocycles. The van der Waals surface area contributed by atoms with E-state index in [9.17, 15) is 21.6 Å². The van der Waals surface area contributed by atoms with Gasteiger partial charge in [-0.15, -0.1) is 0 Å². The highest BCUT2D eigenvalue weighted by atomic mass is 32.2. The molecule has 3 aromatic carbocycles. The molecule has 182 valence electrons. The highest BCUT2D eigenvalue weighted by Gasteiger charge is 2.45. The Kier molecular flexibility index (Phi) is 6.25. The zero-order valence-corrected chi connectivity index (χ0v) is 20.6. The fourth-order valence-corrected chi connectivity index (χ4v) is 9.31. The Morgan fingerprint density at radius 3 is 2.34 bits per heavy atom. The highest BCUT2D eigenvalue weighted by molar-refractivity contribution is 7.96. The molecule has 2 atom stereocenters. The molecule has 0 bridgehead atoms. The number of rotatable bonds is 6. The van der Waals surface area contributed by atoms with Crippen LogP contribution in [0.2, 0.25) is 0 Å². The third-order valence-corrected chi connectivity index (χ3v) is 10.7. The quantitative estimate of drug-likeness (QED) is 0.547. The number of nitrogens with one attached hydrogen (secondary N) is 1. The van der Waals surface area contributed by atoms with Crippen LogP contribution in [0, 0.1) is 0 Å². The number of nitrogens with zero attached hydrogens (tertiary/aromatic N) is 1. The zero-order chi connectivity index (χ0) is 24.6. The number of likely N-dealkylation sites (tertiary alicyclic amines) is 1. The fourth-order valence-electron chi connectivity index (χ4n) is 4.94. The molecule has 7 nitrogen and oxygen atoms in total. The molecule has 0 aromatic heterocycles. The normalized spacial score (nSPS) is 21.5.